The molecule has 1 aliphatic rings. The zero-order valence-corrected chi connectivity index (χ0v) is 20.8. The van der Waals surface area contributed by atoms with Gasteiger partial charge < -0.3 is 5.32 Å². The average molecular weight is 484 g/mol. The molecule has 7 nitrogen and oxygen atoms in total. The van der Waals surface area contributed by atoms with Gasteiger partial charge in [-0.25, -0.2) is 4.99 Å². The number of benzene rings is 2. The normalized spacial score (nSPS) is 15.7. The van der Waals surface area contributed by atoms with Gasteiger partial charge in [0.2, 0.25) is 0 Å². The third-order valence-electron chi connectivity index (χ3n) is 6.33. The monoisotopic (exact) mass is 483 g/mol. The van der Waals surface area contributed by atoms with Crippen LogP contribution in [-0.2, 0) is 11.8 Å². The Balaban J connectivity index is 1.68. The van der Waals surface area contributed by atoms with Crippen LogP contribution in [0.25, 0.3) is 6.08 Å². The van der Waals surface area contributed by atoms with Gasteiger partial charge in [0.25, 0.3) is 11.5 Å². The van der Waals surface area contributed by atoms with E-state index in [2.05, 4.69) is 10.4 Å². The molecule has 1 atom stereocenters. The van der Waals surface area contributed by atoms with E-state index in [0.717, 1.165) is 28.1 Å². The van der Waals surface area contributed by atoms with E-state index >= 15 is 0 Å². The van der Waals surface area contributed by atoms with E-state index in [4.69, 9.17) is 4.99 Å². The molecule has 8 heteroatoms. The summed E-state index contributed by atoms with van der Waals surface area (Å²) >= 11 is 1.32. The van der Waals surface area contributed by atoms with Crippen molar-refractivity contribution in [1.82, 2.24) is 14.3 Å². The van der Waals surface area contributed by atoms with Gasteiger partial charge >= 0.3 is 0 Å². The molecule has 0 aliphatic carbocycles. The summed E-state index contributed by atoms with van der Waals surface area (Å²) in [5.74, 6) is -0.271. The largest absolute Gasteiger partial charge is 0.322 e. The Labute approximate surface area is 206 Å². The molecule has 1 amide bonds. The van der Waals surface area contributed by atoms with Gasteiger partial charge in [-0.1, -0.05) is 59.9 Å². The highest BCUT2D eigenvalue weighted by atomic mass is 32.1. The number of carbonyl (C=O) groups excluding carboxylic acids is 1. The van der Waals surface area contributed by atoms with E-state index < -0.39 is 6.04 Å². The predicted molar refractivity (Wildman–Crippen MR) is 138 cm³/mol. The molecule has 2 aromatic carbocycles. The Morgan fingerprint density at radius 2 is 1.77 bits per heavy atom. The number of allylic oxidation sites excluding steroid dienone is 1. The SMILES string of the molecule is CC1=C(C(=O)Nc2ccccc2C)C(c2ccccc2)n2c(s/c(=C/c3cnn(C)c3C)c2=O)=N1. The standard InChI is InChI=1S/C27H25N5O2S/c1-16-10-8-9-13-21(16)30-25(33)23-17(2)29-27-32(24(23)19-11-6-5-7-12-19)26(34)22(35-27)14-20-15-28-31(4)18(20)3/h5-15,24H,1-4H3,(H,30,33)/b22-14+. The molecule has 0 saturated heterocycles. The molecule has 3 heterocycles. The molecule has 5 rings (SSSR count). The van der Waals surface area contributed by atoms with Gasteiger partial charge in [-0.05, 0) is 44.0 Å². The summed E-state index contributed by atoms with van der Waals surface area (Å²) in [7, 11) is 1.87. The fourth-order valence-corrected chi connectivity index (χ4v) is 5.30. The minimum atomic E-state index is -0.589. The Bertz CT molecular complexity index is 1660. The number of hydrogen-bond acceptors (Lipinski definition) is 5. The number of anilines is 1. The number of thiazole rings is 1. The Kier molecular flexibility index (Phi) is 5.82. The molecule has 35 heavy (non-hydrogen) atoms. The number of nitrogens with one attached hydrogen (secondary N) is 1. The fraction of sp³-hybridized carbons (Fsp3) is 0.185. The second-order valence-electron chi connectivity index (χ2n) is 8.57. The van der Waals surface area contributed by atoms with Crippen LogP contribution in [0.2, 0.25) is 0 Å². The molecule has 1 N–H and O–H groups in total. The van der Waals surface area contributed by atoms with Crippen molar-refractivity contribution in [2.75, 3.05) is 5.32 Å². The highest BCUT2D eigenvalue weighted by Gasteiger charge is 2.32. The van der Waals surface area contributed by atoms with Crippen molar-refractivity contribution < 1.29 is 4.79 Å². The first kappa shape index (κ1) is 22.7. The van der Waals surface area contributed by atoms with Crippen LogP contribution in [0.4, 0.5) is 5.69 Å². The first-order valence-corrected chi connectivity index (χ1v) is 12.1. The van der Waals surface area contributed by atoms with Gasteiger partial charge in [0, 0.05) is 24.0 Å². The van der Waals surface area contributed by atoms with Crippen molar-refractivity contribution in [2.45, 2.75) is 26.8 Å². The molecule has 1 unspecified atom stereocenters. The number of carbonyl (C=O) groups is 1. The zero-order chi connectivity index (χ0) is 24.7. The summed E-state index contributed by atoms with van der Waals surface area (Å²) < 4.78 is 3.96. The number of hydrogen-bond donors (Lipinski definition) is 1. The molecule has 0 fully saturated rings. The summed E-state index contributed by atoms with van der Waals surface area (Å²) in [4.78, 5) is 32.6. The summed E-state index contributed by atoms with van der Waals surface area (Å²) in [6.45, 7) is 5.73. The van der Waals surface area contributed by atoms with E-state index in [1.165, 1.54) is 11.3 Å². The van der Waals surface area contributed by atoms with E-state index in [-0.39, 0.29) is 11.5 Å². The quantitative estimate of drug-likeness (QED) is 0.484. The lowest BCUT2D eigenvalue weighted by Crippen LogP contribution is -2.40. The molecule has 2 aromatic heterocycles. The van der Waals surface area contributed by atoms with Gasteiger partial charge in [-0.3, -0.25) is 18.8 Å². The molecule has 4 aromatic rings. The lowest BCUT2D eigenvalue weighted by molar-refractivity contribution is -0.113. The van der Waals surface area contributed by atoms with Crippen molar-refractivity contribution in [1.29, 1.82) is 0 Å². The van der Waals surface area contributed by atoms with Crippen LogP contribution in [0.1, 0.15) is 35.3 Å². The third-order valence-corrected chi connectivity index (χ3v) is 7.32. The predicted octanol–water partition coefficient (Wildman–Crippen LogP) is 3.22. The number of fused-ring (bicyclic) bond motifs is 1. The number of aromatic nitrogens is 3. The Morgan fingerprint density at radius 3 is 2.46 bits per heavy atom. The number of para-hydroxylation sites is 1. The molecule has 0 spiro atoms. The lowest BCUT2D eigenvalue weighted by Gasteiger charge is -2.25. The number of aryl methyl sites for hydroxylation is 2. The molecule has 0 radical (unpaired) electrons. The van der Waals surface area contributed by atoms with Gasteiger partial charge in [0.1, 0.15) is 0 Å². The van der Waals surface area contributed by atoms with Crippen LogP contribution in [-0.4, -0.2) is 20.3 Å². The van der Waals surface area contributed by atoms with Gasteiger partial charge in [0.05, 0.1) is 28.0 Å². The average Bonchev–Trinajstić information content (AvgIpc) is 3.33. The highest BCUT2D eigenvalue weighted by Crippen LogP contribution is 2.31. The maximum absolute atomic E-state index is 13.7. The van der Waals surface area contributed by atoms with Crippen LogP contribution in [0.5, 0.6) is 0 Å². The minimum absolute atomic E-state index is 0.181. The second kappa shape index (κ2) is 8.96. The molecule has 0 saturated carbocycles. The van der Waals surface area contributed by atoms with Crippen LogP contribution in [0.3, 0.4) is 0 Å². The summed E-state index contributed by atoms with van der Waals surface area (Å²) in [5, 5.41) is 7.31. The topological polar surface area (TPSA) is 81.3 Å². The van der Waals surface area contributed by atoms with Crippen molar-refractivity contribution in [2.24, 2.45) is 12.0 Å². The fourth-order valence-electron chi connectivity index (χ4n) is 4.26. The van der Waals surface area contributed by atoms with Gasteiger partial charge in [0.15, 0.2) is 4.80 Å². The minimum Gasteiger partial charge on any atom is -0.322 e. The highest BCUT2D eigenvalue weighted by molar-refractivity contribution is 7.07. The van der Waals surface area contributed by atoms with Crippen LogP contribution < -0.4 is 20.2 Å². The first-order chi connectivity index (χ1) is 16.8. The van der Waals surface area contributed by atoms with Crippen molar-refractivity contribution in [3.63, 3.8) is 0 Å². The maximum atomic E-state index is 13.7. The Morgan fingerprint density at radius 1 is 1.06 bits per heavy atom. The van der Waals surface area contributed by atoms with E-state index in [1.54, 1.807) is 15.4 Å². The van der Waals surface area contributed by atoms with E-state index in [1.807, 2.05) is 88.5 Å². The van der Waals surface area contributed by atoms with E-state index in [9.17, 15) is 9.59 Å². The smallest absolute Gasteiger partial charge is 0.271 e. The molecular weight excluding hydrogens is 458 g/mol. The van der Waals surface area contributed by atoms with Crippen LogP contribution in [0.15, 0.2) is 81.9 Å². The Hall–Kier alpha value is -4.04. The van der Waals surface area contributed by atoms with Crippen LogP contribution in [0, 0.1) is 13.8 Å². The summed E-state index contributed by atoms with van der Waals surface area (Å²) in [5.41, 5.74) is 5.24. The summed E-state index contributed by atoms with van der Waals surface area (Å²) in [6, 6.07) is 16.7. The first-order valence-electron chi connectivity index (χ1n) is 11.3. The maximum Gasteiger partial charge on any atom is 0.271 e. The van der Waals surface area contributed by atoms with Gasteiger partial charge in [-0.2, -0.15) is 5.10 Å². The van der Waals surface area contributed by atoms with E-state index in [0.29, 0.717) is 20.6 Å². The second-order valence-corrected chi connectivity index (χ2v) is 9.58. The number of nitrogens with zero attached hydrogens (tertiary/aromatic N) is 4. The molecular formula is C27H25N5O2S. The van der Waals surface area contributed by atoms with Crippen LogP contribution >= 0.6 is 11.3 Å². The van der Waals surface area contributed by atoms with Crippen molar-refractivity contribution >= 4 is 29.0 Å². The number of rotatable bonds is 4. The zero-order valence-electron chi connectivity index (χ0n) is 19.9. The third kappa shape index (κ3) is 4.06. The lowest BCUT2D eigenvalue weighted by atomic mass is 9.95. The number of amides is 1. The molecule has 176 valence electrons. The molecule has 1 aliphatic heterocycles. The van der Waals surface area contributed by atoms with Crippen molar-refractivity contribution in [3.05, 3.63) is 114 Å². The van der Waals surface area contributed by atoms with Gasteiger partial charge in [-0.15, -0.1) is 0 Å². The molecule has 0 bridgehead atoms. The summed E-state index contributed by atoms with van der Waals surface area (Å²) in [6.07, 6.45) is 3.59. The van der Waals surface area contributed by atoms with Crippen molar-refractivity contribution in [3.8, 4) is 0 Å².